The van der Waals surface area contributed by atoms with Crippen molar-refractivity contribution in [3.05, 3.63) is 22.2 Å². The summed E-state index contributed by atoms with van der Waals surface area (Å²) in [6, 6.07) is 3.72. The zero-order valence-electron chi connectivity index (χ0n) is 9.70. The summed E-state index contributed by atoms with van der Waals surface area (Å²) in [5.74, 6) is 0.992. The Balaban J connectivity index is 3.17. The molecule has 5 heteroatoms. The topological polar surface area (TPSA) is 49.7 Å². The van der Waals surface area contributed by atoms with E-state index < -0.39 is 7.12 Å². The Hall–Kier alpha value is -0.515. The highest BCUT2D eigenvalue weighted by molar-refractivity contribution is 9.10. The Morgan fingerprint density at radius 2 is 2.00 bits per heavy atom. The summed E-state index contributed by atoms with van der Waals surface area (Å²) in [4.78, 5) is 0. The lowest BCUT2D eigenvalue weighted by atomic mass is 9.78. The van der Waals surface area contributed by atoms with Crippen molar-refractivity contribution in [3.8, 4) is 5.75 Å². The smallest absolute Gasteiger partial charge is 0.492 e. The van der Waals surface area contributed by atoms with Gasteiger partial charge in [-0.1, -0.05) is 19.9 Å². The molecule has 0 spiro atoms. The summed E-state index contributed by atoms with van der Waals surface area (Å²) < 4.78 is 5.88. The van der Waals surface area contributed by atoms with Crippen LogP contribution in [0.1, 0.15) is 19.4 Å². The van der Waals surface area contributed by atoms with Crippen LogP contribution in [0.5, 0.6) is 5.75 Å². The van der Waals surface area contributed by atoms with Crippen LogP contribution in [0.15, 0.2) is 16.6 Å². The van der Waals surface area contributed by atoms with Gasteiger partial charge in [-0.05, 0) is 39.9 Å². The standard InChI is InChI=1S/C11H16BBrO3/c1-7(2)4-8-5-9(12(14)15)11(16-3)10(13)6-8/h5-7,14-15H,4H2,1-3H3. The van der Waals surface area contributed by atoms with Crippen LogP contribution in [0.2, 0.25) is 0 Å². The van der Waals surface area contributed by atoms with Crippen LogP contribution in [0.4, 0.5) is 0 Å². The number of methoxy groups -OCH3 is 1. The van der Waals surface area contributed by atoms with Crippen molar-refractivity contribution in [1.82, 2.24) is 0 Å². The van der Waals surface area contributed by atoms with E-state index in [2.05, 4.69) is 29.8 Å². The normalized spacial score (nSPS) is 10.7. The molecule has 1 aromatic carbocycles. The average molecular weight is 287 g/mol. The Bertz CT molecular complexity index is 366. The van der Waals surface area contributed by atoms with Crippen LogP contribution in [-0.2, 0) is 6.42 Å². The van der Waals surface area contributed by atoms with E-state index in [-0.39, 0.29) is 0 Å². The summed E-state index contributed by atoms with van der Waals surface area (Å²) in [7, 11) is -0.00738. The monoisotopic (exact) mass is 286 g/mol. The second-order valence-corrected chi connectivity index (χ2v) is 5.03. The highest BCUT2D eigenvalue weighted by Crippen LogP contribution is 2.25. The molecule has 16 heavy (non-hydrogen) atoms. The van der Waals surface area contributed by atoms with Gasteiger partial charge in [0, 0.05) is 5.46 Å². The molecule has 0 radical (unpaired) electrons. The number of benzene rings is 1. The van der Waals surface area contributed by atoms with Crippen molar-refractivity contribution in [2.75, 3.05) is 7.11 Å². The van der Waals surface area contributed by atoms with E-state index in [0.717, 1.165) is 16.5 Å². The molecule has 0 aliphatic rings. The fraction of sp³-hybridized carbons (Fsp3) is 0.455. The van der Waals surface area contributed by atoms with Gasteiger partial charge in [0.25, 0.3) is 0 Å². The molecule has 0 saturated carbocycles. The summed E-state index contributed by atoms with van der Waals surface area (Å²) in [6.45, 7) is 4.24. The average Bonchev–Trinajstić information content (AvgIpc) is 2.15. The first-order valence-corrected chi connectivity index (χ1v) is 5.97. The van der Waals surface area contributed by atoms with Crippen molar-refractivity contribution in [3.63, 3.8) is 0 Å². The minimum absolute atomic E-state index is 0.396. The number of halogens is 1. The van der Waals surface area contributed by atoms with Gasteiger partial charge < -0.3 is 14.8 Å². The molecule has 0 amide bonds. The quantitative estimate of drug-likeness (QED) is 0.821. The Morgan fingerprint density at radius 3 is 2.44 bits per heavy atom. The molecule has 0 aromatic heterocycles. The van der Waals surface area contributed by atoms with E-state index in [9.17, 15) is 10.0 Å². The van der Waals surface area contributed by atoms with Crippen LogP contribution in [0, 0.1) is 5.92 Å². The van der Waals surface area contributed by atoms with Gasteiger partial charge in [-0.15, -0.1) is 0 Å². The lowest BCUT2D eigenvalue weighted by Crippen LogP contribution is -2.32. The van der Waals surface area contributed by atoms with Crippen LogP contribution in [0.3, 0.4) is 0 Å². The number of rotatable bonds is 4. The first kappa shape index (κ1) is 13.5. The van der Waals surface area contributed by atoms with E-state index in [1.807, 2.05) is 6.07 Å². The molecule has 0 bridgehead atoms. The summed E-state index contributed by atoms with van der Waals surface area (Å²) in [5.41, 5.74) is 1.46. The van der Waals surface area contributed by atoms with Gasteiger partial charge in [0.1, 0.15) is 5.75 Å². The first-order chi connectivity index (χ1) is 7.45. The highest BCUT2D eigenvalue weighted by Gasteiger charge is 2.20. The molecular formula is C11H16BBrO3. The van der Waals surface area contributed by atoms with Gasteiger partial charge in [-0.25, -0.2) is 0 Å². The Labute approximate surface area is 105 Å². The van der Waals surface area contributed by atoms with E-state index in [1.165, 1.54) is 7.11 Å². The van der Waals surface area contributed by atoms with Crippen molar-refractivity contribution in [2.24, 2.45) is 5.92 Å². The zero-order chi connectivity index (χ0) is 12.3. The third-order valence-electron chi connectivity index (χ3n) is 2.26. The molecular weight excluding hydrogens is 271 g/mol. The molecule has 1 aromatic rings. The molecule has 0 aliphatic heterocycles. The van der Waals surface area contributed by atoms with Gasteiger partial charge in [0.05, 0.1) is 11.6 Å². The minimum atomic E-state index is -1.52. The van der Waals surface area contributed by atoms with Gasteiger partial charge in [-0.2, -0.15) is 0 Å². The second kappa shape index (κ2) is 5.71. The maximum atomic E-state index is 9.27. The largest absolute Gasteiger partial charge is 0.496 e. The van der Waals surface area contributed by atoms with Gasteiger partial charge in [0.2, 0.25) is 0 Å². The summed E-state index contributed by atoms with van der Waals surface area (Å²) in [6.07, 6.45) is 0.891. The van der Waals surface area contributed by atoms with E-state index in [1.54, 1.807) is 6.07 Å². The number of hydrogen-bond acceptors (Lipinski definition) is 3. The van der Waals surface area contributed by atoms with Crippen molar-refractivity contribution in [1.29, 1.82) is 0 Å². The van der Waals surface area contributed by atoms with Gasteiger partial charge in [-0.3, -0.25) is 0 Å². The third kappa shape index (κ3) is 3.24. The molecule has 0 atom stereocenters. The SMILES string of the molecule is COc1c(Br)cc(CC(C)C)cc1B(O)O. The molecule has 0 heterocycles. The molecule has 1 rings (SSSR count). The molecule has 2 N–H and O–H groups in total. The molecule has 0 fully saturated rings. The van der Waals surface area contributed by atoms with Gasteiger partial charge in [0.15, 0.2) is 0 Å². The fourth-order valence-electron chi connectivity index (χ4n) is 1.67. The van der Waals surface area contributed by atoms with E-state index in [0.29, 0.717) is 17.1 Å². The molecule has 88 valence electrons. The number of hydrogen-bond donors (Lipinski definition) is 2. The van der Waals surface area contributed by atoms with Gasteiger partial charge >= 0.3 is 7.12 Å². The highest BCUT2D eigenvalue weighted by atomic mass is 79.9. The zero-order valence-corrected chi connectivity index (χ0v) is 11.3. The summed E-state index contributed by atoms with van der Waals surface area (Å²) >= 11 is 3.37. The lowest BCUT2D eigenvalue weighted by Gasteiger charge is -2.13. The summed E-state index contributed by atoms with van der Waals surface area (Å²) in [5, 5.41) is 18.5. The maximum Gasteiger partial charge on any atom is 0.492 e. The van der Waals surface area contributed by atoms with Crippen LogP contribution in [0.25, 0.3) is 0 Å². The second-order valence-electron chi connectivity index (χ2n) is 4.17. The van der Waals surface area contributed by atoms with E-state index in [4.69, 9.17) is 4.74 Å². The molecule has 0 aliphatic carbocycles. The third-order valence-corrected chi connectivity index (χ3v) is 2.85. The Kier molecular flexibility index (Phi) is 4.83. The molecule has 3 nitrogen and oxygen atoms in total. The maximum absolute atomic E-state index is 9.27. The fourth-order valence-corrected chi connectivity index (χ4v) is 2.35. The van der Waals surface area contributed by atoms with Crippen LogP contribution >= 0.6 is 15.9 Å². The van der Waals surface area contributed by atoms with Crippen LogP contribution < -0.4 is 10.2 Å². The van der Waals surface area contributed by atoms with Crippen molar-refractivity contribution >= 4 is 28.5 Å². The Morgan fingerprint density at radius 1 is 1.38 bits per heavy atom. The van der Waals surface area contributed by atoms with Crippen molar-refractivity contribution < 1.29 is 14.8 Å². The lowest BCUT2D eigenvalue weighted by molar-refractivity contribution is 0.401. The predicted molar refractivity (Wildman–Crippen MR) is 69.1 cm³/mol. The predicted octanol–water partition coefficient (Wildman–Crippen LogP) is 1.34. The van der Waals surface area contributed by atoms with Crippen LogP contribution in [-0.4, -0.2) is 24.3 Å². The van der Waals surface area contributed by atoms with E-state index >= 15 is 0 Å². The molecule has 0 unspecified atom stereocenters. The van der Waals surface area contributed by atoms with Crippen molar-refractivity contribution in [2.45, 2.75) is 20.3 Å². The molecule has 0 saturated heterocycles. The number of ether oxygens (including phenoxy) is 1. The first-order valence-electron chi connectivity index (χ1n) is 5.18. The minimum Gasteiger partial charge on any atom is -0.496 e.